The summed E-state index contributed by atoms with van der Waals surface area (Å²) in [6.07, 6.45) is -4.14. The fourth-order valence-corrected chi connectivity index (χ4v) is 0.906. The van der Waals surface area contributed by atoms with Crippen molar-refractivity contribution in [2.75, 3.05) is 13.2 Å². The van der Waals surface area contributed by atoms with Gasteiger partial charge in [-0.05, 0) is 0 Å². The van der Waals surface area contributed by atoms with E-state index in [0.717, 1.165) is 0 Å². The Hall–Kier alpha value is -0.820. The van der Waals surface area contributed by atoms with Crippen LogP contribution in [0.4, 0.5) is 13.2 Å². The van der Waals surface area contributed by atoms with Crippen LogP contribution in [0.1, 0.15) is 11.7 Å². The van der Waals surface area contributed by atoms with Crippen LogP contribution in [0.2, 0.25) is 0 Å². The summed E-state index contributed by atoms with van der Waals surface area (Å²) in [4.78, 5) is 3.79. The molecule has 0 spiro atoms. The Kier molecular flexibility index (Phi) is 4.34. The normalized spacial score (nSPS) is 12.0. The third-order valence-corrected chi connectivity index (χ3v) is 1.59. The first-order valence-electron chi connectivity index (χ1n) is 4.03. The standard InChI is InChI=1S/C7H8ClF3N2O2/c8-3-6-12-5(13-15-6)1-2-14-4-7(9,10)11/h1-4H2. The van der Waals surface area contributed by atoms with E-state index in [0.29, 0.717) is 0 Å². The van der Waals surface area contributed by atoms with Crippen LogP contribution >= 0.6 is 11.6 Å². The maximum atomic E-state index is 11.6. The smallest absolute Gasteiger partial charge is 0.372 e. The van der Waals surface area contributed by atoms with Crippen molar-refractivity contribution in [3.05, 3.63) is 11.7 Å². The average molecular weight is 245 g/mol. The molecule has 1 rings (SSSR count). The highest BCUT2D eigenvalue weighted by molar-refractivity contribution is 6.16. The minimum atomic E-state index is -4.31. The third kappa shape index (κ3) is 4.98. The Labute approximate surface area is 88.4 Å². The van der Waals surface area contributed by atoms with Crippen LogP contribution in [-0.2, 0) is 17.0 Å². The number of aromatic nitrogens is 2. The zero-order valence-electron chi connectivity index (χ0n) is 7.55. The predicted molar refractivity (Wildman–Crippen MR) is 44.4 cm³/mol. The molecule has 0 aliphatic carbocycles. The first-order chi connectivity index (χ1) is 7.01. The van der Waals surface area contributed by atoms with E-state index in [4.69, 9.17) is 11.6 Å². The molecule has 8 heteroatoms. The van der Waals surface area contributed by atoms with E-state index in [1.807, 2.05) is 0 Å². The van der Waals surface area contributed by atoms with Gasteiger partial charge in [-0.3, -0.25) is 0 Å². The predicted octanol–water partition coefficient (Wildman–Crippen LogP) is 1.93. The Morgan fingerprint density at radius 3 is 2.67 bits per heavy atom. The summed E-state index contributed by atoms with van der Waals surface area (Å²) >= 11 is 5.39. The summed E-state index contributed by atoms with van der Waals surface area (Å²) in [7, 11) is 0. The van der Waals surface area contributed by atoms with Crippen LogP contribution in [0.25, 0.3) is 0 Å². The number of ether oxygens (including phenoxy) is 1. The van der Waals surface area contributed by atoms with Crippen LogP contribution in [-0.4, -0.2) is 29.5 Å². The maximum absolute atomic E-state index is 11.6. The fraction of sp³-hybridized carbons (Fsp3) is 0.714. The quantitative estimate of drug-likeness (QED) is 0.587. The monoisotopic (exact) mass is 244 g/mol. The lowest BCUT2D eigenvalue weighted by atomic mass is 10.4. The summed E-state index contributed by atoms with van der Waals surface area (Å²) < 4.78 is 43.9. The van der Waals surface area contributed by atoms with Gasteiger partial charge in [0.05, 0.1) is 6.61 Å². The molecule has 0 bridgehead atoms. The molecule has 1 heterocycles. The zero-order valence-corrected chi connectivity index (χ0v) is 8.31. The van der Waals surface area contributed by atoms with E-state index in [1.165, 1.54) is 0 Å². The van der Waals surface area contributed by atoms with Crippen molar-refractivity contribution >= 4 is 11.6 Å². The summed E-state index contributed by atoms with van der Waals surface area (Å²) in [6.45, 7) is -1.38. The number of alkyl halides is 4. The van der Waals surface area contributed by atoms with Gasteiger partial charge >= 0.3 is 6.18 Å². The van der Waals surface area contributed by atoms with Crippen molar-refractivity contribution in [3.8, 4) is 0 Å². The van der Waals surface area contributed by atoms with Gasteiger partial charge in [0.1, 0.15) is 12.5 Å². The summed E-state index contributed by atoms with van der Waals surface area (Å²) in [5.41, 5.74) is 0. The summed E-state index contributed by atoms with van der Waals surface area (Å²) in [5, 5.41) is 3.49. The SMILES string of the molecule is FC(F)(F)COCCc1noc(CCl)n1. The van der Waals surface area contributed by atoms with E-state index in [2.05, 4.69) is 19.4 Å². The maximum Gasteiger partial charge on any atom is 0.411 e. The second kappa shape index (κ2) is 5.32. The van der Waals surface area contributed by atoms with Crippen LogP contribution in [0.5, 0.6) is 0 Å². The molecule has 86 valence electrons. The Morgan fingerprint density at radius 2 is 2.13 bits per heavy atom. The van der Waals surface area contributed by atoms with Gasteiger partial charge < -0.3 is 9.26 Å². The van der Waals surface area contributed by atoms with Gasteiger partial charge in [0.15, 0.2) is 5.82 Å². The van der Waals surface area contributed by atoms with Gasteiger partial charge in [-0.2, -0.15) is 18.2 Å². The molecule has 0 fully saturated rings. The third-order valence-electron chi connectivity index (χ3n) is 1.36. The molecular weight excluding hydrogens is 237 g/mol. The van der Waals surface area contributed by atoms with E-state index in [9.17, 15) is 13.2 Å². The molecule has 0 saturated carbocycles. The molecule has 0 unspecified atom stereocenters. The number of hydrogen-bond donors (Lipinski definition) is 0. The van der Waals surface area contributed by atoms with Gasteiger partial charge in [-0.1, -0.05) is 5.16 Å². The second-order valence-corrected chi connectivity index (χ2v) is 2.92. The van der Waals surface area contributed by atoms with Crippen LogP contribution in [0, 0.1) is 0 Å². The molecule has 0 saturated heterocycles. The fourth-order valence-electron chi connectivity index (χ4n) is 0.797. The van der Waals surface area contributed by atoms with E-state index < -0.39 is 12.8 Å². The Bertz CT molecular complexity index is 303. The lowest BCUT2D eigenvalue weighted by Gasteiger charge is -2.05. The molecule has 4 nitrogen and oxygen atoms in total. The first kappa shape index (κ1) is 12.3. The zero-order chi connectivity index (χ0) is 11.3. The van der Waals surface area contributed by atoms with Crippen molar-refractivity contribution < 1.29 is 22.4 Å². The number of rotatable bonds is 5. The van der Waals surface area contributed by atoms with Crippen molar-refractivity contribution in [1.29, 1.82) is 0 Å². The lowest BCUT2D eigenvalue weighted by molar-refractivity contribution is -0.173. The molecule has 0 aliphatic rings. The van der Waals surface area contributed by atoms with Crippen LogP contribution < -0.4 is 0 Å². The molecule has 0 aromatic carbocycles. The highest BCUT2D eigenvalue weighted by atomic mass is 35.5. The van der Waals surface area contributed by atoms with Gasteiger partial charge in [-0.25, -0.2) is 0 Å². The lowest BCUT2D eigenvalue weighted by Crippen LogP contribution is -2.18. The number of hydrogen-bond acceptors (Lipinski definition) is 4. The summed E-state index contributed by atoms with van der Waals surface area (Å²) in [6, 6.07) is 0. The number of nitrogens with zero attached hydrogens (tertiary/aromatic N) is 2. The molecule has 0 aliphatic heterocycles. The first-order valence-corrected chi connectivity index (χ1v) is 4.56. The molecule has 1 aromatic heterocycles. The van der Waals surface area contributed by atoms with Crippen molar-refractivity contribution in [1.82, 2.24) is 10.1 Å². The molecule has 0 amide bonds. The van der Waals surface area contributed by atoms with Crippen molar-refractivity contribution in [2.45, 2.75) is 18.5 Å². The summed E-state index contributed by atoms with van der Waals surface area (Å²) in [5.74, 6) is 0.603. The highest BCUT2D eigenvalue weighted by Crippen LogP contribution is 2.14. The average Bonchev–Trinajstić information content (AvgIpc) is 2.59. The second-order valence-electron chi connectivity index (χ2n) is 2.66. The minimum Gasteiger partial charge on any atom is -0.372 e. The number of halogens is 4. The molecule has 0 radical (unpaired) electrons. The Morgan fingerprint density at radius 1 is 1.40 bits per heavy atom. The van der Waals surface area contributed by atoms with E-state index in [-0.39, 0.29) is 30.6 Å². The van der Waals surface area contributed by atoms with Crippen molar-refractivity contribution in [3.63, 3.8) is 0 Å². The van der Waals surface area contributed by atoms with Crippen LogP contribution in [0.3, 0.4) is 0 Å². The molecule has 1 aromatic rings. The largest absolute Gasteiger partial charge is 0.411 e. The Balaban J connectivity index is 2.20. The van der Waals surface area contributed by atoms with Crippen LogP contribution in [0.15, 0.2) is 4.52 Å². The molecule has 15 heavy (non-hydrogen) atoms. The van der Waals surface area contributed by atoms with Gasteiger partial charge in [0.25, 0.3) is 0 Å². The minimum absolute atomic E-state index is 0.0798. The van der Waals surface area contributed by atoms with E-state index in [1.54, 1.807) is 0 Å². The van der Waals surface area contributed by atoms with Crippen molar-refractivity contribution in [2.24, 2.45) is 0 Å². The van der Waals surface area contributed by atoms with Gasteiger partial charge in [0, 0.05) is 6.42 Å². The molecule has 0 atom stereocenters. The highest BCUT2D eigenvalue weighted by Gasteiger charge is 2.27. The molecule has 0 N–H and O–H groups in total. The van der Waals surface area contributed by atoms with E-state index >= 15 is 0 Å². The van der Waals surface area contributed by atoms with Gasteiger partial charge in [0.2, 0.25) is 5.89 Å². The van der Waals surface area contributed by atoms with Gasteiger partial charge in [-0.15, -0.1) is 11.6 Å². The molecular formula is C7H8ClF3N2O2. The topological polar surface area (TPSA) is 48.2 Å².